The van der Waals surface area contributed by atoms with Crippen molar-refractivity contribution < 1.29 is 16.8 Å². The number of aromatic nitrogens is 1. The van der Waals surface area contributed by atoms with E-state index >= 15 is 0 Å². The smallest absolute Gasteiger partial charge is 0.241 e. The molecule has 0 aliphatic carbocycles. The lowest BCUT2D eigenvalue weighted by Crippen LogP contribution is -2.32. The van der Waals surface area contributed by atoms with Gasteiger partial charge in [-0.1, -0.05) is 42.0 Å². The minimum atomic E-state index is -3.92. The van der Waals surface area contributed by atoms with Crippen LogP contribution < -0.4 is 4.72 Å². The first-order chi connectivity index (χ1) is 14.1. The number of nitrogens with zero attached hydrogens (tertiary/aromatic N) is 1. The fourth-order valence-corrected chi connectivity index (χ4v) is 6.86. The molecule has 6 nitrogen and oxygen atoms in total. The van der Waals surface area contributed by atoms with Crippen molar-refractivity contribution in [2.45, 2.75) is 35.8 Å². The molecule has 0 unspecified atom stereocenters. The van der Waals surface area contributed by atoms with Crippen LogP contribution in [0, 0.1) is 20.8 Å². The van der Waals surface area contributed by atoms with Gasteiger partial charge in [0.1, 0.15) is 5.25 Å². The first kappa shape index (κ1) is 22.1. The molecular formula is C22H24N2O4S2. The molecule has 0 saturated heterocycles. The Labute approximate surface area is 178 Å². The van der Waals surface area contributed by atoms with E-state index in [-0.39, 0.29) is 16.3 Å². The summed E-state index contributed by atoms with van der Waals surface area (Å²) in [6.07, 6.45) is 2.99. The van der Waals surface area contributed by atoms with E-state index in [1.165, 1.54) is 18.3 Å². The lowest BCUT2D eigenvalue weighted by atomic mass is 10.1. The molecule has 2 aromatic carbocycles. The van der Waals surface area contributed by atoms with E-state index in [1.807, 2.05) is 6.92 Å². The van der Waals surface area contributed by atoms with Gasteiger partial charge in [0.15, 0.2) is 9.84 Å². The number of sulfone groups is 1. The van der Waals surface area contributed by atoms with Crippen LogP contribution in [0.3, 0.4) is 0 Å². The predicted octanol–water partition coefficient (Wildman–Crippen LogP) is 3.50. The molecule has 0 fully saturated rings. The minimum absolute atomic E-state index is 0.126. The van der Waals surface area contributed by atoms with E-state index in [0.717, 1.165) is 5.56 Å². The molecule has 1 heterocycles. The Morgan fingerprint density at radius 1 is 0.900 bits per heavy atom. The molecule has 1 aromatic heterocycles. The largest absolute Gasteiger partial charge is 0.264 e. The van der Waals surface area contributed by atoms with Crippen LogP contribution in [0.2, 0.25) is 0 Å². The van der Waals surface area contributed by atoms with E-state index in [1.54, 1.807) is 62.5 Å². The summed E-state index contributed by atoms with van der Waals surface area (Å²) in [4.78, 5) is 4.31. The number of nitrogens with one attached hydrogen (secondary N) is 1. The van der Waals surface area contributed by atoms with Crippen molar-refractivity contribution in [2.24, 2.45) is 0 Å². The van der Waals surface area contributed by atoms with Crippen molar-refractivity contribution in [1.29, 1.82) is 0 Å². The Hall–Kier alpha value is -2.55. The quantitative estimate of drug-likeness (QED) is 0.602. The fraction of sp³-hybridized carbons (Fsp3) is 0.227. The lowest BCUT2D eigenvalue weighted by Gasteiger charge is -2.20. The van der Waals surface area contributed by atoms with Crippen molar-refractivity contribution in [2.75, 3.05) is 6.54 Å². The average Bonchev–Trinajstić information content (AvgIpc) is 2.68. The van der Waals surface area contributed by atoms with E-state index < -0.39 is 25.1 Å². The van der Waals surface area contributed by atoms with Crippen LogP contribution in [-0.4, -0.2) is 28.4 Å². The third-order valence-corrected chi connectivity index (χ3v) is 8.68. The number of hydrogen-bond acceptors (Lipinski definition) is 5. The number of rotatable bonds is 7. The molecule has 0 amide bonds. The molecular weight excluding hydrogens is 420 g/mol. The van der Waals surface area contributed by atoms with Gasteiger partial charge in [0.05, 0.1) is 9.79 Å². The summed E-state index contributed by atoms with van der Waals surface area (Å²) >= 11 is 0. The molecule has 30 heavy (non-hydrogen) atoms. The molecule has 0 bridgehead atoms. The normalized spacial score (nSPS) is 13.2. The Bertz CT molecular complexity index is 1220. The zero-order valence-corrected chi connectivity index (χ0v) is 18.7. The van der Waals surface area contributed by atoms with Crippen molar-refractivity contribution in [3.8, 4) is 0 Å². The van der Waals surface area contributed by atoms with Gasteiger partial charge in [-0.25, -0.2) is 21.6 Å². The number of sulfonamides is 1. The molecule has 0 aliphatic rings. The molecule has 0 saturated carbocycles. The van der Waals surface area contributed by atoms with Crippen LogP contribution in [0.5, 0.6) is 0 Å². The standard InChI is InChI=1S/C22H24N2O4S2/c1-16-12-17(2)22(18(3)13-16)30(27,28)24-15-21(19-8-7-11-23-14-19)29(25,26)20-9-5-4-6-10-20/h4-14,21,24H,15H2,1-3H3/t21-/m1/s1. The van der Waals surface area contributed by atoms with E-state index in [2.05, 4.69) is 9.71 Å². The summed E-state index contributed by atoms with van der Waals surface area (Å²) < 4.78 is 55.2. The predicted molar refractivity (Wildman–Crippen MR) is 116 cm³/mol. The van der Waals surface area contributed by atoms with E-state index in [0.29, 0.717) is 16.7 Å². The van der Waals surface area contributed by atoms with Gasteiger partial charge in [-0.05, 0) is 55.7 Å². The minimum Gasteiger partial charge on any atom is -0.264 e. The number of aryl methyl sites for hydroxylation is 3. The molecule has 0 aliphatic heterocycles. The van der Waals surface area contributed by atoms with Crippen molar-refractivity contribution in [1.82, 2.24) is 9.71 Å². The second kappa shape index (κ2) is 8.67. The number of hydrogen-bond donors (Lipinski definition) is 1. The van der Waals surface area contributed by atoms with Crippen molar-refractivity contribution >= 4 is 19.9 Å². The topological polar surface area (TPSA) is 93.2 Å². The second-order valence-electron chi connectivity index (χ2n) is 7.21. The molecule has 0 radical (unpaired) electrons. The zero-order chi connectivity index (χ0) is 21.9. The highest BCUT2D eigenvalue weighted by molar-refractivity contribution is 7.92. The van der Waals surface area contributed by atoms with Crippen LogP contribution in [-0.2, 0) is 19.9 Å². The van der Waals surface area contributed by atoms with Gasteiger partial charge in [-0.2, -0.15) is 0 Å². The van der Waals surface area contributed by atoms with Gasteiger partial charge in [0.2, 0.25) is 10.0 Å². The molecule has 3 rings (SSSR count). The highest BCUT2D eigenvalue weighted by atomic mass is 32.2. The maximum atomic E-state index is 13.3. The van der Waals surface area contributed by atoms with Crippen LogP contribution >= 0.6 is 0 Å². The average molecular weight is 445 g/mol. The number of benzene rings is 2. The Morgan fingerprint density at radius 2 is 1.53 bits per heavy atom. The first-order valence-corrected chi connectivity index (χ1v) is 12.4. The van der Waals surface area contributed by atoms with Crippen LogP contribution in [0.25, 0.3) is 0 Å². The van der Waals surface area contributed by atoms with E-state index in [4.69, 9.17) is 0 Å². The second-order valence-corrected chi connectivity index (χ2v) is 11.0. The fourth-order valence-electron chi connectivity index (χ4n) is 3.60. The Kier molecular flexibility index (Phi) is 6.40. The van der Waals surface area contributed by atoms with Crippen molar-refractivity contribution in [3.63, 3.8) is 0 Å². The molecule has 158 valence electrons. The number of pyridine rings is 1. The third kappa shape index (κ3) is 4.61. The maximum absolute atomic E-state index is 13.3. The summed E-state index contributed by atoms with van der Waals surface area (Å²) in [5.41, 5.74) is 2.61. The highest BCUT2D eigenvalue weighted by Crippen LogP contribution is 2.29. The SMILES string of the molecule is Cc1cc(C)c(S(=O)(=O)NC[C@H](c2cccnc2)S(=O)(=O)c2ccccc2)c(C)c1. The van der Waals surface area contributed by atoms with Gasteiger partial charge < -0.3 is 0 Å². The first-order valence-electron chi connectivity index (χ1n) is 9.39. The third-order valence-electron chi connectivity index (χ3n) is 4.83. The molecule has 1 atom stereocenters. The summed E-state index contributed by atoms with van der Waals surface area (Å²) in [5.74, 6) is 0. The van der Waals surface area contributed by atoms with Gasteiger partial charge >= 0.3 is 0 Å². The van der Waals surface area contributed by atoms with Gasteiger partial charge in [-0.15, -0.1) is 0 Å². The lowest BCUT2D eigenvalue weighted by molar-refractivity contribution is 0.568. The molecule has 3 aromatic rings. The highest BCUT2D eigenvalue weighted by Gasteiger charge is 2.31. The summed E-state index contributed by atoms with van der Waals surface area (Å²) in [7, 11) is -7.77. The van der Waals surface area contributed by atoms with Crippen LogP contribution in [0.4, 0.5) is 0 Å². The summed E-state index contributed by atoms with van der Waals surface area (Å²) in [6, 6.07) is 14.8. The van der Waals surface area contributed by atoms with Gasteiger partial charge in [0, 0.05) is 18.9 Å². The zero-order valence-electron chi connectivity index (χ0n) is 17.0. The van der Waals surface area contributed by atoms with Crippen LogP contribution in [0.15, 0.2) is 76.8 Å². The molecule has 8 heteroatoms. The summed E-state index contributed by atoms with van der Waals surface area (Å²) in [5, 5.41) is -1.12. The Morgan fingerprint density at radius 3 is 2.10 bits per heavy atom. The van der Waals surface area contributed by atoms with E-state index in [9.17, 15) is 16.8 Å². The Balaban J connectivity index is 2.00. The van der Waals surface area contributed by atoms with Gasteiger partial charge in [0.25, 0.3) is 0 Å². The molecule has 0 spiro atoms. The summed E-state index contributed by atoms with van der Waals surface area (Å²) in [6.45, 7) is 5.05. The molecule has 1 N–H and O–H groups in total. The van der Waals surface area contributed by atoms with Crippen LogP contribution in [0.1, 0.15) is 27.5 Å². The monoisotopic (exact) mass is 444 g/mol. The van der Waals surface area contributed by atoms with Gasteiger partial charge in [-0.3, -0.25) is 4.98 Å². The maximum Gasteiger partial charge on any atom is 0.241 e. The van der Waals surface area contributed by atoms with Crippen molar-refractivity contribution in [3.05, 3.63) is 89.2 Å².